The zero-order chi connectivity index (χ0) is 9.94. The number of hydrogen-bond acceptors (Lipinski definition) is 3. The van der Waals surface area contributed by atoms with Gasteiger partial charge in [-0.15, -0.1) is 0 Å². The van der Waals surface area contributed by atoms with Crippen LogP contribution in [0.2, 0.25) is 0 Å². The number of hydrogen-bond donors (Lipinski definition) is 2. The van der Waals surface area contributed by atoms with E-state index in [0.29, 0.717) is 0 Å². The Morgan fingerprint density at radius 3 is 2.15 bits per heavy atom. The van der Waals surface area contributed by atoms with Crippen molar-refractivity contribution in [3.05, 3.63) is 0 Å². The van der Waals surface area contributed by atoms with Gasteiger partial charge < -0.3 is 11.4 Å². The van der Waals surface area contributed by atoms with Gasteiger partial charge in [0.05, 0.1) is 5.92 Å². The van der Waals surface area contributed by atoms with E-state index in [9.17, 15) is 14.2 Å². The maximum Gasteiger partial charge on any atom is 1.00 e. The van der Waals surface area contributed by atoms with Crippen molar-refractivity contribution in [3.63, 3.8) is 0 Å². The van der Waals surface area contributed by atoms with Crippen LogP contribution in [0.4, 0.5) is 0 Å². The molecule has 0 aliphatic carbocycles. The van der Waals surface area contributed by atoms with E-state index in [1.165, 1.54) is 6.92 Å². The van der Waals surface area contributed by atoms with Gasteiger partial charge in [-0.2, -0.15) is 0 Å². The van der Waals surface area contributed by atoms with Crippen molar-refractivity contribution >= 4 is 18.9 Å². The summed E-state index contributed by atoms with van der Waals surface area (Å²) in [5.74, 6) is -2.05. The molecule has 2 unspecified atom stereocenters. The number of aliphatic carboxylic acids is 1. The first-order valence-corrected chi connectivity index (χ1v) is 5.42. The molecule has 0 rings (SSSR count). The summed E-state index contributed by atoms with van der Waals surface area (Å²) in [4.78, 5) is 29.8. The molecular formula is C6H12LiO5P. The Morgan fingerprint density at radius 1 is 1.54 bits per heavy atom. The summed E-state index contributed by atoms with van der Waals surface area (Å²) in [6, 6.07) is 0. The quantitative estimate of drug-likeness (QED) is 0.393. The van der Waals surface area contributed by atoms with Crippen molar-refractivity contribution in [2.75, 3.05) is 6.66 Å². The first kappa shape index (κ1) is 15.4. The Balaban J connectivity index is -0.000000605. The Labute approximate surface area is 89.6 Å². The van der Waals surface area contributed by atoms with E-state index in [0.717, 1.165) is 6.66 Å². The van der Waals surface area contributed by atoms with E-state index in [-0.39, 0.29) is 26.7 Å². The molecule has 0 aromatic carbocycles. The van der Waals surface area contributed by atoms with Crippen molar-refractivity contribution in [3.8, 4) is 0 Å². The van der Waals surface area contributed by atoms with E-state index in [1.807, 2.05) is 0 Å². The fourth-order valence-electron chi connectivity index (χ4n) is 0.519. The predicted molar refractivity (Wildman–Crippen MR) is 43.3 cm³/mol. The fraction of sp³-hybridized carbons (Fsp3) is 0.667. The minimum absolute atomic E-state index is 0. The van der Waals surface area contributed by atoms with Crippen LogP contribution >= 0.6 is 7.37 Å². The Kier molecular flexibility index (Phi) is 6.65. The van der Waals surface area contributed by atoms with Crippen LogP contribution in [0.1, 0.15) is 14.8 Å². The van der Waals surface area contributed by atoms with Gasteiger partial charge >= 0.3 is 24.8 Å². The number of carboxylic acid groups (broad SMARTS) is 1. The zero-order valence-corrected chi connectivity index (χ0v) is 8.75. The van der Waals surface area contributed by atoms with Crippen LogP contribution in [-0.2, 0) is 14.2 Å². The molecule has 0 spiro atoms. The first-order chi connectivity index (χ1) is 5.25. The molecule has 0 aliphatic heterocycles. The predicted octanol–water partition coefficient (Wildman–Crippen LogP) is -2.36. The zero-order valence-electron chi connectivity index (χ0n) is 8.85. The third-order valence-electron chi connectivity index (χ3n) is 1.37. The van der Waals surface area contributed by atoms with Gasteiger partial charge in [0.15, 0.2) is 0 Å². The summed E-state index contributed by atoms with van der Waals surface area (Å²) in [5.41, 5.74) is -0.891. The molecule has 2 N–H and O–H groups in total. The second-order valence-electron chi connectivity index (χ2n) is 2.72. The van der Waals surface area contributed by atoms with Crippen LogP contribution in [0.3, 0.4) is 0 Å². The minimum Gasteiger partial charge on any atom is -1.00 e. The van der Waals surface area contributed by atoms with Crippen molar-refractivity contribution in [2.45, 2.75) is 13.3 Å². The average molecular weight is 202 g/mol. The SMILES string of the molecule is CC(CC(=O)P(C)(=O)O)C(=O)O.[H-].[Li+]. The Bertz CT molecular complexity index is 251. The van der Waals surface area contributed by atoms with Crippen LogP contribution < -0.4 is 18.9 Å². The molecular weight excluding hydrogens is 190 g/mol. The molecule has 0 aromatic rings. The molecule has 0 aliphatic rings. The number of carbonyl (C=O) groups excluding carboxylic acids is 1. The molecule has 0 aromatic heterocycles. The number of carbonyl (C=O) groups is 2. The Morgan fingerprint density at radius 2 is 1.92 bits per heavy atom. The normalized spacial score (nSPS) is 16.5. The summed E-state index contributed by atoms with van der Waals surface area (Å²) < 4.78 is 10.7. The van der Waals surface area contributed by atoms with E-state index in [4.69, 9.17) is 10.00 Å². The van der Waals surface area contributed by atoms with Gasteiger partial charge in [-0.3, -0.25) is 14.2 Å². The molecule has 0 bridgehead atoms. The maximum absolute atomic E-state index is 10.8. The molecule has 0 saturated carbocycles. The Hall–Kier alpha value is -0.0726. The van der Waals surface area contributed by atoms with Crippen LogP contribution in [0, 0.1) is 5.92 Å². The summed E-state index contributed by atoms with van der Waals surface area (Å²) in [5, 5.41) is 8.37. The molecule has 72 valence electrons. The first-order valence-electron chi connectivity index (χ1n) is 3.31. The molecule has 0 saturated heterocycles. The fourth-order valence-corrected chi connectivity index (χ4v) is 1.13. The van der Waals surface area contributed by atoms with Gasteiger partial charge in [0.1, 0.15) is 0 Å². The molecule has 13 heavy (non-hydrogen) atoms. The standard InChI is InChI=1S/C6H11O5P.Li.H/c1-4(6(8)9)3-5(7)12(2,10)11;;/h4H,3H2,1-2H3,(H,8,9)(H,10,11);;/q;+1;-1. The van der Waals surface area contributed by atoms with Gasteiger partial charge in [-0.05, 0) is 0 Å². The van der Waals surface area contributed by atoms with Gasteiger partial charge in [-0.25, -0.2) is 0 Å². The van der Waals surface area contributed by atoms with E-state index in [2.05, 4.69) is 0 Å². The van der Waals surface area contributed by atoms with E-state index in [1.54, 1.807) is 0 Å². The third kappa shape index (κ3) is 6.06. The summed E-state index contributed by atoms with van der Waals surface area (Å²) in [6.07, 6.45) is -0.389. The largest absolute Gasteiger partial charge is 1.00 e. The van der Waals surface area contributed by atoms with Crippen LogP contribution in [0.25, 0.3) is 0 Å². The minimum atomic E-state index is -3.75. The van der Waals surface area contributed by atoms with E-state index < -0.39 is 24.8 Å². The average Bonchev–Trinajstić information content (AvgIpc) is 1.85. The van der Waals surface area contributed by atoms with Crippen LogP contribution in [0.5, 0.6) is 0 Å². The van der Waals surface area contributed by atoms with Crippen LogP contribution in [-0.4, -0.2) is 28.2 Å². The molecule has 0 radical (unpaired) electrons. The molecule has 2 atom stereocenters. The molecule has 0 heterocycles. The summed E-state index contributed by atoms with van der Waals surface area (Å²) >= 11 is 0. The van der Waals surface area contributed by atoms with Gasteiger partial charge in [0.2, 0.25) is 5.52 Å². The summed E-state index contributed by atoms with van der Waals surface area (Å²) in [7, 11) is -3.75. The van der Waals surface area contributed by atoms with Crippen molar-refractivity contribution in [1.82, 2.24) is 0 Å². The maximum atomic E-state index is 10.8. The van der Waals surface area contributed by atoms with Gasteiger partial charge in [0.25, 0.3) is 7.37 Å². The number of rotatable bonds is 4. The van der Waals surface area contributed by atoms with Crippen LogP contribution in [0.15, 0.2) is 0 Å². The molecule has 5 nitrogen and oxygen atoms in total. The second-order valence-corrected chi connectivity index (χ2v) is 4.97. The van der Waals surface area contributed by atoms with Gasteiger partial charge in [0, 0.05) is 13.1 Å². The molecule has 7 heteroatoms. The van der Waals surface area contributed by atoms with Crippen molar-refractivity contribution in [2.24, 2.45) is 5.92 Å². The smallest absolute Gasteiger partial charge is 1.00 e. The van der Waals surface area contributed by atoms with Crippen molar-refractivity contribution < 1.29 is 44.4 Å². The monoisotopic (exact) mass is 202 g/mol. The second kappa shape index (κ2) is 5.61. The van der Waals surface area contributed by atoms with Crippen molar-refractivity contribution in [1.29, 1.82) is 0 Å². The third-order valence-corrected chi connectivity index (χ3v) is 2.47. The summed E-state index contributed by atoms with van der Waals surface area (Å²) in [6.45, 7) is 2.22. The number of carboxylic acids is 1. The van der Waals surface area contributed by atoms with E-state index >= 15 is 0 Å². The molecule has 0 fully saturated rings. The topological polar surface area (TPSA) is 91.7 Å². The molecule has 0 amide bonds. The van der Waals surface area contributed by atoms with Gasteiger partial charge in [-0.1, -0.05) is 6.92 Å².